The van der Waals surface area contributed by atoms with Crippen molar-refractivity contribution in [2.75, 3.05) is 0 Å². The van der Waals surface area contributed by atoms with Gasteiger partial charge in [0.2, 0.25) is 4.80 Å². The number of phenols is 2. The van der Waals surface area contributed by atoms with Gasteiger partial charge in [0.05, 0.1) is 11.9 Å². The van der Waals surface area contributed by atoms with Crippen LogP contribution in [0.2, 0.25) is 0 Å². The van der Waals surface area contributed by atoms with E-state index in [9.17, 15) is 10.2 Å². The van der Waals surface area contributed by atoms with Crippen molar-refractivity contribution in [1.82, 2.24) is 4.57 Å². The fourth-order valence-electron chi connectivity index (χ4n) is 2.81. The van der Waals surface area contributed by atoms with E-state index < -0.39 is 0 Å². The van der Waals surface area contributed by atoms with Crippen molar-refractivity contribution >= 4 is 33.5 Å². The van der Waals surface area contributed by atoms with E-state index in [1.54, 1.807) is 6.07 Å². The predicted molar refractivity (Wildman–Crippen MR) is 120 cm³/mol. The molecule has 1 aromatic heterocycles. The average Bonchev–Trinajstić information content (AvgIpc) is 3.15. The molecule has 4 rings (SSSR count). The topological polar surface area (TPSA) is 70.1 Å². The molecule has 144 valence electrons. The van der Waals surface area contributed by atoms with Crippen molar-refractivity contribution in [3.05, 3.63) is 93.0 Å². The molecule has 0 spiro atoms. The maximum absolute atomic E-state index is 9.90. The highest BCUT2D eigenvalue weighted by molar-refractivity contribution is 9.10. The van der Waals surface area contributed by atoms with E-state index in [0.29, 0.717) is 10.4 Å². The Morgan fingerprint density at radius 2 is 1.69 bits per heavy atom. The van der Waals surface area contributed by atoms with Crippen molar-refractivity contribution < 1.29 is 10.2 Å². The first-order chi connectivity index (χ1) is 14.1. The summed E-state index contributed by atoms with van der Waals surface area (Å²) < 4.78 is 3.06. The molecule has 0 saturated heterocycles. The first kappa shape index (κ1) is 19.2. The van der Waals surface area contributed by atoms with E-state index in [1.165, 1.54) is 29.7 Å². The molecule has 2 N–H and O–H groups in total. The maximum Gasteiger partial charge on any atom is 0.215 e. The largest absolute Gasteiger partial charge is 0.508 e. The number of para-hydroxylation sites is 1. The molecule has 7 heteroatoms. The number of halogens is 1. The van der Waals surface area contributed by atoms with Crippen LogP contribution in [0.4, 0.5) is 0 Å². The van der Waals surface area contributed by atoms with Crippen molar-refractivity contribution in [3.63, 3.8) is 0 Å². The second-order valence-corrected chi connectivity index (χ2v) is 7.92. The van der Waals surface area contributed by atoms with Crippen molar-refractivity contribution in [2.24, 2.45) is 10.2 Å². The summed E-state index contributed by atoms with van der Waals surface area (Å²) in [6, 6.07) is 22.4. The highest BCUT2D eigenvalue weighted by atomic mass is 79.9. The summed E-state index contributed by atoms with van der Waals surface area (Å²) in [4.78, 5) is 0.698. The number of aromatic hydroxyl groups is 2. The molecular formula is C22H16BrN3O2S. The molecule has 0 unspecified atom stereocenters. The van der Waals surface area contributed by atoms with Crippen LogP contribution in [-0.2, 0) is 0 Å². The maximum atomic E-state index is 9.90. The van der Waals surface area contributed by atoms with Crippen LogP contribution < -0.4 is 4.80 Å². The van der Waals surface area contributed by atoms with Gasteiger partial charge in [0.1, 0.15) is 11.5 Å². The number of nitrogens with zero attached hydrogens (tertiary/aromatic N) is 3. The molecule has 0 saturated carbocycles. The summed E-state index contributed by atoms with van der Waals surface area (Å²) in [5, 5.41) is 29.9. The summed E-state index contributed by atoms with van der Waals surface area (Å²) in [5.41, 5.74) is 3.53. The smallest absolute Gasteiger partial charge is 0.215 e. The third-order valence-corrected chi connectivity index (χ3v) is 5.56. The minimum absolute atomic E-state index is 0.00379. The number of thiazole rings is 1. The number of rotatable bonds is 4. The van der Waals surface area contributed by atoms with Gasteiger partial charge in [-0.2, -0.15) is 5.10 Å². The van der Waals surface area contributed by atoms with Gasteiger partial charge in [-0.05, 0) is 42.0 Å². The van der Waals surface area contributed by atoms with Crippen LogP contribution in [0.25, 0.3) is 16.9 Å². The van der Waals surface area contributed by atoms with Gasteiger partial charge in [-0.15, -0.1) is 16.4 Å². The summed E-state index contributed by atoms with van der Waals surface area (Å²) in [7, 11) is 0. The number of phenolic OH excluding ortho intramolecular Hbond substituents is 2. The average molecular weight is 466 g/mol. The molecule has 0 aliphatic rings. The molecule has 0 amide bonds. The van der Waals surface area contributed by atoms with Crippen LogP contribution in [0.5, 0.6) is 11.5 Å². The van der Waals surface area contributed by atoms with E-state index in [1.807, 2.05) is 64.5 Å². The van der Waals surface area contributed by atoms with E-state index in [2.05, 4.69) is 26.1 Å². The van der Waals surface area contributed by atoms with Gasteiger partial charge in [-0.3, -0.25) is 4.57 Å². The van der Waals surface area contributed by atoms with Crippen molar-refractivity contribution in [1.29, 1.82) is 0 Å². The number of aromatic nitrogens is 1. The van der Waals surface area contributed by atoms with Crippen molar-refractivity contribution in [2.45, 2.75) is 0 Å². The molecule has 0 fully saturated rings. The molecule has 1 heterocycles. The van der Waals surface area contributed by atoms with Crippen LogP contribution in [-0.4, -0.2) is 21.0 Å². The molecule has 4 aromatic rings. The lowest BCUT2D eigenvalue weighted by Crippen LogP contribution is -2.13. The SMILES string of the molecule is Oc1ccc(C=NN=c2scc(-c3ccc(Br)cc3)n2-c2ccccc2)c(O)c1. The third kappa shape index (κ3) is 4.31. The Hall–Kier alpha value is -3.16. The zero-order chi connectivity index (χ0) is 20.2. The van der Waals surface area contributed by atoms with Gasteiger partial charge in [-0.25, -0.2) is 0 Å². The summed E-state index contributed by atoms with van der Waals surface area (Å²) >= 11 is 4.96. The molecule has 0 aliphatic carbocycles. The third-order valence-electron chi connectivity index (χ3n) is 4.22. The van der Waals surface area contributed by atoms with Gasteiger partial charge < -0.3 is 10.2 Å². The number of hydrogen-bond donors (Lipinski definition) is 2. The molecule has 0 bridgehead atoms. The van der Waals surface area contributed by atoms with E-state index in [4.69, 9.17) is 0 Å². The molecule has 0 atom stereocenters. The zero-order valence-corrected chi connectivity index (χ0v) is 17.5. The Morgan fingerprint density at radius 1 is 0.931 bits per heavy atom. The fourth-order valence-corrected chi connectivity index (χ4v) is 3.94. The van der Waals surface area contributed by atoms with Crippen LogP contribution >= 0.6 is 27.3 Å². The van der Waals surface area contributed by atoms with E-state index in [-0.39, 0.29) is 11.5 Å². The highest BCUT2D eigenvalue weighted by Gasteiger charge is 2.10. The lowest BCUT2D eigenvalue weighted by molar-refractivity contribution is 0.450. The van der Waals surface area contributed by atoms with Crippen LogP contribution in [0.3, 0.4) is 0 Å². The second-order valence-electron chi connectivity index (χ2n) is 6.17. The minimum atomic E-state index is -0.0541. The van der Waals surface area contributed by atoms with Gasteiger partial charge in [0.25, 0.3) is 0 Å². The first-order valence-electron chi connectivity index (χ1n) is 8.73. The quantitative estimate of drug-likeness (QED) is 0.316. The molecule has 5 nitrogen and oxygen atoms in total. The van der Waals surface area contributed by atoms with E-state index >= 15 is 0 Å². The Balaban J connectivity index is 1.80. The second kappa shape index (κ2) is 8.46. The summed E-state index contributed by atoms with van der Waals surface area (Å²) in [5.74, 6) is -0.0579. The Morgan fingerprint density at radius 3 is 2.41 bits per heavy atom. The summed E-state index contributed by atoms with van der Waals surface area (Å²) in [6.07, 6.45) is 1.46. The molecule has 0 aliphatic heterocycles. The minimum Gasteiger partial charge on any atom is -0.508 e. The van der Waals surface area contributed by atoms with E-state index in [0.717, 1.165) is 21.4 Å². The Labute approximate surface area is 179 Å². The van der Waals surface area contributed by atoms with Gasteiger partial charge in [0, 0.05) is 27.2 Å². The normalized spacial score (nSPS) is 12.0. The predicted octanol–water partition coefficient (Wildman–Crippen LogP) is 5.31. The lowest BCUT2D eigenvalue weighted by Gasteiger charge is -2.09. The zero-order valence-electron chi connectivity index (χ0n) is 15.1. The number of benzene rings is 3. The van der Waals surface area contributed by atoms with Gasteiger partial charge in [-0.1, -0.05) is 46.3 Å². The summed E-state index contributed by atoms with van der Waals surface area (Å²) in [6.45, 7) is 0. The number of hydrogen-bond acceptors (Lipinski definition) is 5. The van der Waals surface area contributed by atoms with Gasteiger partial charge >= 0.3 is 0 Å². The highest BCUT2D eigenvalue weighted by Crippen LogP contribution is 2.25. The van der Waals surface area contributed by atoms with Crippen LogP contribution in [0.1, 0.15) is 5.56 Å². The van der Waals surface area contributed by atoms with Crippen LogP contribution in [0, 0.1) is 0 Å². The monoisotopic (exact) mass is 465 g/mol. The molecule has 29 heavy (non-hydrogen) atoms. The van der Waals surface area contributed by atoms with Gasteiger partial charge in [0.15, 0.2) is 0 Å². The van der Waals surface area contributed by atoms with Crippen molar-refractivity contribution in [3.8, 4) is 28.4 Å². The fraction of sp³-hybridized carbons (Fsp3) is 0. The van der Waals surface area contributed by atoms with Crippen LogP contribution in [0.15, 0.2) is 92.9 Å². The molecule has 3 aromatic carbocycles. The Bertz CT molecular complexity index is 1230. The lowest BCUT2D eigenvalue weighted by atomic mass is 10.1. The molecular weight excluding hydrogens is 450 g/mol. The molecule has 0 radical (unpaired) electrons. The Kier molecular flexibility index (Phi) is 5.59. The first-order valence-corrected chi connectivity index (χ1v) is 10.4. The standard InChI is InChI=1S/C22H16BrN3O2S/c23-17-9-6-15(7-10-17)20-14-29-22(26(20)18-4-2-1-3-5-18)25-24-13-16-8-11-19(27)12-21(16)28/h1-14,27-28H.